The maximum absolute atomic E-state index is 10.2. The number of phenolic OH excluding ortho intramolecular Hbond substituents is 2. The predicted molar refractivity (Wildman–Crippen MR) is 137 cm³/mol. The molecule has 0 bridgehead atoms. The molecule has 3 rings (SSSR count). The summed E-state index contributed by atoms with van der Waals surface area (Å²) in [6.45, 7) is 6.99. The molecule has 0 spiro atoms. The summed E-state index contributed by atoms with van der Waals surface area (Å²) in [6, 6.07) is 11.9. The second-order valence-electron chi connectivity index (χ2n) is 9.17. The number of nitrogens with zero attached hydrogens (tertiary/aromatic N) is 1. The molecular weight excluding hydrogens is 428 g/mol. The molecular formula is C28H42N2O4. The van der Waals surface area contributed by atoms with E-state index in [1.165, 1.54) is 31.2 Å². The Morgan fingerprint density at radius 1 is 0.971 bits per heavy atom. The van der Waals surface area contributed by atoms with Crippen LogP contribution in [0.3, 0.4) is 0 Å². The lowest BCUT2D eigenvalue weighted by Crippen LogP contribution is -2.40. The third-order valence-corrected chi connectivity index (χ3v) is 6.72. The molecule has 0 fully saturated rings. The Morgan fingerprint density at radius 2 is 1.76 bits per heavy atom. The van der Waals surface area contributed by atoms with Gasteiger partial charge in [0.1, 0.15) is 6.61 Å². The van der Waals surface area contributed by atoms with Crippen molar-refractivity contribution in [2.24, 2.45) is 0 Å². The summed E-state index contributed by atoms with van der Waals surface area (Å²) < 4.78 is 11.1. The molecule has 0 unspecified atom stereocenters. The van der Waals surface area contributed by atoms with Crippen LogP contribution in [0.15, 0.2) is 36.4 Å². The van der Waals surface area contributed by atoms with E-state index in [0.717, 1.165) is 68.9 Å². The molecule has 188 valence electrons. The van der Waals surface area contributed by atoms with E-state index in [1.54, 1.807) is 13.2 Å². The molecule has 0 aliphatic heterocycles. The van der Waals surface area contributed by atoms with Crippen LogP contribution >= 0.6 is 0 Å². The van der Waals surface area contributed by atoms with Crippen LogP contribution in [0.2, 0.25) is 0 Å². The Bertz CT molecular complexity index is 873. The van der Waals surface area contributed by atoms with Crippen LogP contribution in [-0.2, 0) is 12.8 Å². The number of hydrogen-bond donors (Lipinski definition) is 3. The number of benzene rings is 2. The second kappa shape index (κ2) is 14.1. The number of hydrogen-bond acceptors (Lipinski definition) is 6. The topological polar surface area (TPSA) is 74.2 Å². The highest BCUT2D eigenvalue weighted by molar-refractivity contribution is 5.50. The normalized spacial score (nSPS) is 15.3. The number of phenols is 2. The highest BCUT2D eigenvalue weighted by Crippen LogP contribution is 2.36. The van der Waals surface area contributed by atoms with Gasteiger partial charge >= 0.3 is 0 Å². The van der Waals surface area contributed by atoms with Crippen LogP contribution in [0.25, 0.3) is 0 Å². The van der Waals surface area contributed by atoms with Gasteiger partial charge in [0.25, 0.3) is 0 Å². The van der Waals surface area contributed by atoms with E-state index < -0.39 is 0 Å². The van der Waals surface area contributed by atoms with Gasteiger partial charge in [0.05, 0.1) is 7.11 Å². The summed E-state index contributed by atoms with van der Waals surface area (Å²) in [5.41, 5.74) is 2.13. The molecule has 1 aliphatic rings. The van der Waals surface area contributed by atoms with E-state index in [4.69, 9.17) is 9.47 Å². The van der Waals surface area contributed by atoms with Crippen molar-refractivity contribution in [3.8, 4) is 23.0 Å². The van der Waals surface area contributed by atoms with Crippen LogP contribution in [0.4, 0.5) is 0 Å². The van der Waals surface area contributed by atoms with Gasteiger partial charge in [-0.3, -0.25) is 0 Å². The fraction of sp³-hybridized carbons (Fsp3) is 0.571. The number of ether oxygens (including phenoxy) is 2. The third-order valence-electron chi connectivity index (χ3n) is 6.72. The maximum atomic E-state index is 10.2. The predicted octanol–water partition coefficient (Wildman–Crippen LogP) is 4.90. The summed E-state index contributed by atoms with van der Waals surface area (Å²) in [6.07, 6.45) is 8.90. The zero-order valence-electron chi connectivity index (χ0n) is 20.9. The first-order valence-electron chi connectivity index (χ1n) is 12.9. The van der Waals surface area contributed by atoms with Crippen LogP contribution in [0, 0.1) is 0 Å². The lowest BCUT2D eigenvalue weighted by atomic mass is 9.86. The Labute approximate surface area is 204 Å². The molecule has 0 saturated carbocycles. The van der Waals surface area contributed by atoms with Gasteiger partial charge in [0.2, 0.25) is 0 Å². The molecule has 1 atom stereocenters. The monoisotopic (exact) mass is 470 g/mol. The van der Waals surface area contributed by atoms with Crippen molar-refractivity contribution in [3.63, 3.8) is 0 Å². The Hall–Kier alpha value is -2.44. The SMILES string of the molecule is CCCN(CCCCCCNCCOc1ccccc1OC)[C@@H]1CCc2c(ccc(O)c2O)C1. The van der Waals surface area contributed by atoms with E-state index in [0.29, 0.717) is 12.6 Å². The van der Waals surface area contributed by atoms with Gasteiger partial charge in [-0.25, -0.2) is 0 Å². The van der Waals surface area contributed by atoms with Gasteiger partial charge in [-0.15, -0.1) is 0 Å². The summed E-state index contributed by atoms with van der Waals surface area (Å²) in [5, 5.41) is 23.4. The lowest BCUT2D eigenvalue weighted by Gasteiger charge is -2.35. The van der Waals surface area contributed by atoms with Crippen LogP contribution < -0.4 is 14.8 Å². The van der Waals surface area contributed by atoms with Crippen molar-refractivity contribution >= 4 is 0 Å². The van der Waals surface area contributed by atoms with Crippen molar-refractivity contribution in [1.29, 1.82) is 0 Å². The highest BCUT2D eigenvalue weighted by Gasteiger charge is 2.26. The van der Waals surface area contributed by atoms with E-state index in [2.05, 4.69) is 17.1 Å². The van der Waals surface area contributed by atoms with Gasteiger partial charge in [-0.05, 0) is 81.9 Å². The van der Waals surface area contributed by atoms with Gasteiger partial charge in [0, 0.05) is 18.2 Å². The first-order valence-corrected chi connectivity index (χ1v) is 12.9. The fourth-order valence-electron chi connectivity index (χ4n) is 4.89. The molecule has 0 saturated heterocycles. The Balaban J connectivity index is 1.28. The number of fused-ring (bicyclic) bond motifs is 1. The molecule has 1 aliphatic carbocycles. The standard InChI is InChI=1S/C28H42N2O4/c1-3-18-30(23-13-14-24-22(21-23)12-15-25(31)28(24)32)19-9-5-4-8-16-29-17-20-34-27-11-7-6-10-26(27)33-2/h6-7,10-12,15,23,29,31-32H,3-5,8-9,13-14,16-21H2,1-2H3/t23-/m1/s1. The average molecular weight is 471 g/mol. The van der Waals surface area contributed by atoms with Crippen LogP contribution in [-0.4, -0.2) is 61.1 Å². The van der Waals surface area contributed by atoms with Crippen molar-refractivity contribution in [2.75, 3.05) is 39.9 Å². The van der Waals surface area contributed by atoms with Gasteiger partial charge < -0.3 is 29.9 Å². The van der Waals surface area contributed by atoms with E-state index >= 15 is 0 Å². The molecule has 0 heterocycles. The molecule has 0 radical (unpaired) electrons. The van der Waals surface area contributed by atoms with Gasteiger partial charge in [-0.1, -0.05) is 38.0 Å². The summed E-state index contributed by atoms with van der Waals surface area (Å²) in [5.74, 6) is 1.65. The maximum Gasteiger partial charge on any atom is 0.161 e. The molecule has 34 heavy (non-hydrogen) atoms. The number of para-hydroxylation sites is 2. The van der Waals surface area contributed by atoms with E-state index in [-0.39, 0.29) is 11.5 Å². The molecule has 0 amide bonds. The molecule has 6 nitrogen and oxygen atoms in total. The van der Waals surface area contributed by atoms with Crippen molar-refractivity contribution in [2.45, 2.75) is 64.3 Å². The number of nitrogens with one attached hydrogen (secondary N) is 1. The molecule has 0 aromatic heterocycles. The third kappa shape index (κ3) is 7.54. The molecule has 2 aromatic carbocycles. The minimum Gasteiger partial charge on any atom is -0.504 e. The minimum atomic E-state index is 0.000977. The number of aromatic hydroxyl groups is 2. The van der Waals surface area contributed by atoms with Gasteiger partial charge in [0.15, 0.2) is 23.0 Å². The van der Waals surface area contributed by atoms with Crippen LogP contribution in [0.5, 0.6) is 23.0 Å². The number of methoxy groups -OCH3 is 1. The van der Waals surface area contributed by atoms with Crippen molar-refractivity contribution in [1.82, 2.24) is 10.2 Å². The van der Waals surface area contributed by atoms with E-state index in [9.17, 15) is 10.2 Å². The summed E-state index contributed by atoms with van der Waals surface area (Å²) in [7, 11) is 1.66. The molecule has 3 N–H and O–H groups in total. The highest BCUT2D eigenvalue weighted by atomic mass is 16.5. The van der Waals surface area contributed by atoms with Crippen LogP contribution in [0.1, 0.15) is 56.6 Å². The van der Waals surface area contributed by atoms with Gasteiger partial charge in [-0.2, -0.15) is 0 Å². The molecule has 6 heteroatoms. The fourth-order valence-corrected chi connectivity index (χ4v) is 4.89. The summed E-state index contributed by atoms with van der Waals surface area (Å²) in [4.78, 5) is 2.64. The van der Waals surface area contributed by atoms with Crippen molar-refractivity contribution < 1.29 is 19.7 Å². The zero-order valence-corrected chi connectivity index (χ0v) is 20.9. The van der Waals surface area contributed by atoms with Crippen molar-refractivity contribution in [3.05, 3.63) is 47.5 Å². The lowest BCUT2D eigenvalue weighted by molar-refractivity contribution is 0.175. The second-order valence-corrected chi connectivity index (χ2v) is 9.17. The largest absolute Gasteiger partial charge is 0.504 e. The smallest absolute Gasteiger partial charge is 0.161 e. The number of rotatable bonds is 15. The van der Waals surface area contributed by atoms with E-state index in [1.807, 2.05) is 30.3 Å². The molecule has 2 aromatic rings. The Kier molecular flexibility index (Phi) is 10.8. The Morgan fingerprint density at radius 3 is 2.56 bits per heavy atom. The zero-order chi connectivity index (χ0) is 24.2. The first kappa shape index (κ1) is 26.2. The number of unbranched alkanes of at least 4 members (excludes halogenated alkanes) is 3. The quantitative estimate of drug-likeness (QED) is 0.254. The summed E-state index contributed by atoms with van der Waals surface area (Å²) >= 11 is 0. The average Bonchev–Trinajstić information content (AvgIpc) is 2.86. The first-order chi connectivity index (χ1) is 16.6. The minimum absolute atomic E-state index is 0.000977.